The highest BCUT2D eigenvalue weighted by atomic mass is 35.5. The fourth-order valence-corrected chi connectivity index (χ4v) is 2.16. The maximum absolute atomic E-state index is 6.17. The van der Waals surface area contributed by atoms with Crippen molar-refractivity contribution in [3.63, 3.8) is 0 Å². The molecule has 1 aromatic heterocycles. The van der Waals surface area contributed by atoms with Crippen LogP contribution >= 0.6 is 11.6 Å². The normalized spacial score (nSPS) is 10.9. The number of aromatic nitrogens is 3. The summed E-state index contributed by atoms with van der Waals surface area (Å²) in [4.78, 5) is 4.50. The largest absolute Gasteiger partial charge is 0.326 e. The second-order valence-electron chi connectivity index (χ2n) is 4.00. The molecule has 1 aromatic carbocycles. The molecule has 2 rings (SSSR count). The number of nitrogens with two attached hydrogens (primary N) is 1. The van der Waals surface area contributed by atoms with Gasteiger partial charge in [0.1, 0.15) is 5.82 Å². The summed E-state index contributed by atoms with van der Waals surface area (Å²) >= 11 is 6.17. The summed E-state index contributed by atoms with van der Waals surface area (Å²) in [5, 5.41) is 5.18. The molecule has 0 saturated heterocycles. The molecule has 2 aromatic rings. The zero-order valence-electron chi connectivity index (χ0n) is 10.7. The Balaban J connectivity index is 2.60. The smallest absolute Gasteiger partial charge is 0.151 e. The van der Waals surface area contributed by atoms with Crippen molar-refractivity contribution < 1.29 is 0 Å². The third-order valence-electron chi connectivity index (χ3n) is 2.88. The summed E-state index contributed by atoms with van der Waals surface area (Å²) in [6.45, 7) is 4.49. The molecule has 18 heavy (non-hydrogen) atoms. The van der Waals surface area contributed by atoms with Crippen molar-refractivity contribution in [2.45, 2.75) is 33.2 Å². The Morgan fingerprint density at radius 1 is 1.28 bits per heavy atom. The monoisotopic (exact) mass is 264 g/mol. The van der Waals surface area contributed by atoms with Gasteiger partial charge in [0.2, 0.25) is 0 Å². The molecule has 0 aliphatic carbocycles. The Labute approximate surface area is 112 Å². The van der Waals surface area contributed by atoms with E-state index in [4.69, 9.17) is 17.3 Å². The van der Waals surface area contributed by atoms with Crippen LogP contribution in [0.5, 0.6) is 0 Å². The summed E-state index contributed by atoms with van der Waals surface area (Å²) in [7, 11) is 0. The summed E-state index contributed by atoms with van der Waals surface area (Å²) in [6, 6.07) is 5.72. The molecule has 0 fully saturated rings. The first kappa shape index (κ1) is 13.1. The molecule has 0 bridgehead atoms. The van der Waals surface area contributed by atoms with Gasteiger partial charge in [-0.25, -0.2) is 9.67 Å². The predicted molar refractivity (Wildman–Crippen MR) is 73.0 cm³/mol. The topological polar surface area (TPSA) is 56.7 Å². The zero-order chi connectivity index (χ0) is 13.1. The SMILES string of the molecule is CCc1nc(CC)n(-c2cccc(Cl)c2CN)n1. The van der Waals surface area contributed by atoms with Crippen molar-refractivity contribution in [3.05, 3.63) is 40.4 Å². The van der Waals surface area contributed by atoms with Gasteiger partial charge >= 0.3 is 0 Å². The van der Waals surface area contributed by atoms with Crippen molar-refractivity contribution in [2.75, 3.05) is 0 Å². The molecule has 2 N–H and O–H groups in total. The van der Waals surface area contributed by atoms with Gasteiger partial charge in [-0.3, -0.25) is 0 Å². The van der Waals surface area contributed by atoms with Crippen molar-refractivity contribution in [1.82, 2.24) is 14.8 Å². The Morgan fingerprint density at radius 2 is 2.06 bits per heavy atom. The minimum atomic E-state index is 0.388. The third kappa shape index (κ3) is 2.26. The van der Waals surface area contributed by atoms with Crippen LogP contribution in [0.2, 0.25) is 5.02 Å². The summed E-state index contributed by atoms with van der Waals surface area (Å²) in [5.41, 5.74) is 7.60. The average molecular weight is 265 g/mol. The highest BCUT2D eigenvalue weighted by Crippen LogP contribution is 2.23. The van der Waals surface area contributed by atoms with E-state index in [0.717, 1.165) is 35.7 Å². The van der Waals surface area contributed by atoms with Crippen molar-refractivity contribution in [2.24, 2.45) is 5.73 Å². The van der Waals surface area contributed by atoms with E-state index in [2.05, 4.69) is 17.0 Å². The second-order valence-corrected chi connectivity index (χ2v) is 4.41. The van der Waals surface area contributed by atoms with Gasteiger partial charge in [-0.1, -0.05) is 31.5 Å². The molecular weight excluding hydrogens is 248 g/mol. The van der Waals surface area contributed by atoms with E-state index in [1.54, 1.807) is 0 Å². The Morgan fingerprint density at radius 3 is 2.67 bits per heavy atom. The summed E-state index contributed by atoms with van der Waals surface area (Å²) in [5.74, 6) is 1.78. The van der Waals surface area contributed by atoms with E-state index < -0.39 is 0 Å². The average Bonchev–Trinajstić information content (AvgIpc) is 2.81. The van der Waals surface area contributed by atoms with Gasteiger partial charge in [0, 0.05) is 30.0 Å². The predicted octanol–water partition coefficient (Wildman–Crippen LogP) is 2.50. The van der Waals surface area contributed by atoms with Crippen molar-refractivity contribution in [1.29, 1.82) is 0 Å². The van der Waals surface area contributed by atoms with Crippen LogP contribution in [0.1, 0.15) is 31.1 Å². The minimum Gasteiger partial charge on any atom is -0.326 e. The fraction of sp³-hybridized carbons (Fsp3) is 0.385. The molecule has 96 valence electrons. The molecule has 0 amide bonds. The maximum Gasteiger partial charge on any atom is 0.151 e. The standard InChI is InChI=1S/C13H17ClN4/c1-3-12-16-13(4-2)18(17-12)11-7-5-6-10(14)9(11)8-15/h5-7H,3-4,8,15H2,1-2H3. The van der Waals surface area contributed by atoms with E-state index in [9.17, 15) is 0 Å². The third-order valence-corrected chi connectivity index (χ3v) is 3.23. The maximum atomic E-state index is 6.17. The summed E-state index contributed by atoms with van der Waals surface area (Å²) < 4.78 is 1.85. The van der Waals surface area contributed by atoms with E-state index in [-0.39, 0.29) is 0 Å². The Hall–Kier alpha value is -1.39. The highest BCUT2D eigenvalue weighted by Gasteiger charge is 2.13. The molecule has 0 saturated carbocycles. The molecule has 1 heterocycles. The fourth-order valence-electron chi connectivity index (χ4n) is 1.91. The van der Waals surface area contributed by atoms with Gasteiger partial charge in [-0.2, -0.15) is 5.10 Å². The van der Waals surface area contributed by atoms with Crippen LogP contribution in [-0.4, -0.2) is 14.8 Å². The first-order chi connectivity index (χ1) is 8.71. The molecule has 0 aliphatic heterocycles. The molecule has 5 heteroatoms. The number of hydrogen-bond acceptors (Lipinski definition) is 3. The second kappa shape index (κ2) is 5.50. The number of rotatable bonds is 4. The number of benzene rings is 1. The zero-order valence-corrected chi connectivity index (χ0v) is 11.4. The van der Waals surface area contributed by atoms with Gasteiger partial charge in [0.15, 0.2) is 5.82 Å². The summed E-state index contributed by atoms with van der Waals surface area (Å²) in [6.07, 6.45) is 1.64. The lowest BCUT2D eigenvalue weighted by atomic mass is 10.1. The van der Waals surface area contributed by atoms with Gasteiger partial charge in [0.25, 0.3) is 0 Å². The molecular formula is C13H17ClN4. The first-order valence-corrected chi connectivity index (χ1v) is 6.51. The molecule has 0 unspecified atom stereocenters. The van der Waals surface area contributed by atoms with E-state index in [1.807, 2.05) is 29.8 Å². The van der Waals surface area contributed by atoms with Gasteiger partial charge < -0.3 is 5.73 Å². The molecule has 0 atom stereocenters. The van der Waals surface area contributed by atoms with Crippen LogP contribution in [0, 0.1) is 0 Å². The number of nitrogens with zero attached hydrogens (tertiary/aromatic N) is 3. The van der Waals surface area contributed by atoms with Crippen LogP contribution in [-0.2, 0) is 19.4 Å². The lowest BCUT2D eigenvalue weighted by Gasteiger charge is -2.11. The highest BCUT2D eigenvalue weighted by molar-refractivity contribution is 6.31. The van der Waals surface area contributed by atoms with Crippen LogP contribution in [0.15, 0.2) is 18.2 Å². The van der Waals surface area contributed by atoms with Crippen molar-refractivity contribution >= 4 is 11.6 Å². The Bertz CT molecular complexity index is 548. The van der Waals surface area contributed by atoms with E-state index in [1.165, 1.54) is 0 Å². The molecule has 4 nitrogen and oxygen atoms in total. The Kier molecular flexibility index (Phi) is 3.99. The van der Waals surface area contributed by atoms with E-state index >= 15 is 0 Å². The lowest BCUT2D eigenvalue weighted by Crippen LogP contribution is -2.09. The van der Waals surface area contributed by atoms with Crippen LogP contribution < -0.4 is 5.73 Å². The molecule has 0 aliphatic rings. The minimum absolute atomic E-state index is 0.388. The van der Waals surface area contributed by atoms with Crippen LogP contribution in [0.3, 0.4) is 0 Å². The first-order valence-electron chi connectivity index (χ1n) is 6.13. The van der Waals surface area contributed by atoms with Crippen LogP contribution in [0.4, 0.5) is 0 Å². The number of aryl methyl sites for hydroxylation is 2. The van der Waals surface area contributed by atoms with Gasteiger partial charge in [-0.15, -0.1) is 0 Å². The lowest BCUT2D eigenvalue weighted by molar-refractivity contribution is 0.780. The van der Waals surface area contributed by atoms with Gasteiger partial charge in [-0.05, 0) is 12.1 Å². The molecule has 0 spiro atoms. The van der Waals surface area contributed by atoms with E-state index in [0.29, 0.717) is 11.6 Å². The van der Waals surface area contributed by atoms with Crippen LogP contribution in [0.25, 0.3) is 5.69 Å². The molecule has 0 radical (unpaired) electrons. The number of hydrogen-bond donors (Lipinski definition) is 1. The quantitative estimate of drug-likeness (QED) is 0.923. The number of halogens is 1. The van der Waals surface area contributed by atoms with Crippen molar-refractivity contribution in [3.8, 4) is 5.69 Å². The van der Waals surface area contributed by atoms with Gasteiger partial charge in [0.05, 0.1) is 5.69 Å².